The fourth-order valence-electron chi connectivity index (χ4n) is 1.67. The molecule has 0 radical (unpaired) electrons. The highest BCUT2D eigenvalue weighted by molar-refractivity contribution is 5.56. The molecule has 2 aromatic rings. The lowest BCUT2D eigenvalue weighted by Gasteiger charge is -2.15. The highest BCUT2D eigenvalue weighted by Crippen LogP contribution is 2.39. The molecule has 0 bridgehead atoms. The fourth-order valence-corrected chi connectivity index (χ4v) is 1.67. The molecule has 0 saturated carbocycles. The molecule has 20 heavy (non-hydrogen) atoms. The van der Waals surface area contributed by atoms with Crippen molar-refractivity contribution in [2.45, 2.75) is 13.1 Å². The summed E-state index contributed by atoms with van der Waals surface area (Å²) in [7, 11) is 0. The van der Waals surface area contributed by atoms with Crippen LogP contribution in [0.1, 0.15) is 11.1 Å². The standard InChI is InChI=1S/C14H11F4NO/c1-8-6-13(11(19)7-10(8)15)20-12-5-3-2-4-9(12)14(16,17)18/h2-7H,19H2,1H3. The van der Waals surface area contributed by atoms with Crippen molar-refractivity contribution in [2.75, 3.05) is 5.73 Å². The number of para-hydroxylation sites is 1. The maximum absolute atomic E-state index is 13.3. The van der Waals surface area contributed by atoms with Crippen molar-refractivity contribution in [3.63, 3.8) is 0 Å². The van der Waals surface area contributed by atoms with Crippen LogP contribution in [0.25, 0.3) is 0 Å². The molecule has 0 atom stereocenters. The van der Waals surface area contributed by atoms with Gasteiger partial charge >= 0.3 is 6.18 Å². The van der Waals surface area contributed by atoms with E-state index < -0.39 is 17.6 Å². The van der Waals surface area contributed by atoms with Crippen LogP contribution < -0.4 is 10.5 Å². The van der Waals surface area contributed by atoms with Gasteiger partial charge in [-0.05, 0) is 30.7 Å². The van der Waals surface area contributed by atoms with Crippen LogP contribution in [0.15, 0.2) is 36.4 Å². The van der Waals surface area contributed by atoms with E-state index in [9.17, 15) is 17.6 Å². The van der Waals surface area contributed by atoms with Crippen molar-refractivity contribution in [2.24, 2.45) is 0 Å². The van der Waals surface area contributed by atoms with E-state index in [-0.39, 0.29) is 22.7 Å². The molecule has 0 spiro atoms. The summed E-state index contributed by atoms with van der Waals surface area (Å²) in [6, 6.07) is 7.04. The Labute approximate surface area is 112 Å². The second kappa shape index (κ2) is 5.03. The summed E-state index contributed by atoms with van der Waals surface area (Å²) in [5, 5.41) is 0. The van der Waals surface area contributed by atoms with Gasteiger partial charge in [-0.1, -0.05) is 12.1 Å². The minimum Gasteiger partial charge on any atom is -0.455 e. The van der Waals surface area contributed by atoms with Crippen molar-refractivity contribution in [1.82, 2.24) is 0 Å². The average molecular weight is 285 g/mol. The number of aryl methyl sites for hydroxylation is 1. The Bertz CT molecular complexity index is 638. The number of hydrogen-bond donors (Lipinski definition) is 1. The molecule has 0 amide bonds. The summed E-state index contributed by atoms with van der Waals surface area (Å²) in [5.74, 6) is -0.933. The first-order chi connectivity index (χ1) is 9.29. The van der Waals surface area contributed by atoms with Gasteiger partial charge in [0, 0.05) is 6.07 Å². The van der Waals surface area contributed by atoms with Gasteiger partial charge in [0.15, 0.2) is 5.75 Å². The van der Waals surface area contributed by atoms with E-state index in [1.807, 2.05) is 0 Å². The van der Waals surface area contributed by atoms with Crippen LogP contribution in [0.4, 0.5) is 23.2 Å². The van der Waals surface area contributed by atoms with Crippen molar-refractivity contribution in [3.05, 3.63) is 53.3 Å². The van der Waals surface area contributed by atoms with Crippen LogP contribution in [-0.4, -0.2) is 0 Å². The van der Waals surface area contributed by atoms with Crippen LogP contribution in [0.3, 0.4) is 0 Å². The number of benzene rings is 2. The van der Waals surface area contributed by atoms with Gasteiger partial charge in [0.25, 0.3) is 0 Å². The van der Waals surface area contributed by atoms with Crippen molar-refractivity contribution >= 4 is 5.69 Å². The topological polar surface area (TPSA) is 35.2 Å². The molecule has 2 N–H and O–H groups in total. The van der Waals surface area contributed by atoms with Gasteiger partial charge in [0.1, 0.15) is 11.6 Å². The maximum atomic E-state index is 13.3. The van der Waals surface area contributed by atoms with E-state index in [1.54, 1.807) is 0 Å². The van der Waals surface area contributed by atoms with Crippen LogP contribution in [0.2, 0.25) is 0 Å². The Balaban J connectivity index is 2.43. The highest BCUT2D eigenvalue weighted by Gasteiger charge is 2.34. The Hall–Kier alpha value is -2.24. The molecule has 0 aliphatic rings. The third-order valence-electron chi connectivity index (χ3n) is 2.70. The van der Waals surface area contributed by atoms with Gasteiger partial charge in [-0.2, -0.15) is 13.2 Å². The first kappa shape index (κ1) is 14.2. The molecule has 0 unspecified atom stereocenters. The molecule has 0 aliphatic carbocycles. The number of ether oxygens (including phenoxy) is 1. The summed E-state index contributed by atoms with van der Waals surface area (Å²) < 4.78 is 56.9. The van der Waals surface area contributed by atoms with Gasteiger partial charge in [-0.15, -0.1) is 0 Å². The summed E-state index contributed by atoms with van der Waals surface area (Å²) in [4.78, 5) is 0. The summed E-state index contributed by atoms with van der Waals surface area (Å²) >= 11 is 0. The van der Waals surface area contributed by atoms with Gasteiger partial charge in [-0.3, -0.25) is 0 Å². The van der Waals surface area contributed by atoms with Gasteiger partial charge in [0.2, 0.25) is 0 Å². The highest BCUT2D eigenvalue weighted by atomic mass is 19.4. The Kier molecular flexibility index (Phi) is 3.57. The molecule has 0 fully saturated rings. The van der Waals surface area contributed by atoms with E-state index in [0.717, 1.165) is 12.1 Å². The lowest BCUT2D eigenvalue weighted by molar-refractivity contribution is -0.138. The molecule has 0 saturated heterocycles. The number of halogens is 4. The minimum absolute atomic E-state index is 0.0133. The van der Waals surface area contributed by atoms with Crippen LogP contribution in [-0.2, 0) is 6.18 Å². The Morgan fingerprint density at radius 3 is 2.35 bits per heavy atom. The SMILES string of the molecule is Cc1cc(Oc2ccccc2C(F)(F)F)c(N)cc1F. The summed E-state index contributed by atoms with van der Waals surface area (Å²) in [6.07, 6.45) is -4.54. The smallest absolute Gasteiger partial charge is 0.419 e. The summed E-state index contributed by atoms with van der Waals surface area (Å²) in [6.45, 7) is 1.47. The van der Waals surface area contributed by atoms with Gasteiger partial charge in [-0.25, -0.2) is 4.39 Å². The number of nitrogen functional groups attached to an aromatic ring is 1. The fraction of sp³-hybridized carbons (Fsp3) is 0.143. The lowest BCUT2D eigenvalue weighted by atomic mass is 10.1. The zero-order valence-electron chi connectivity index (χ0n) is 10.5. The predicted octanol–water partition coefficient (Wildman–Crippen LogP) is 4.53. The van der Waals surface area contributed by atoms with E-state index in [1.165, 1.54) is 31.2 Å². The van der Waals surface area contributed by atoms with Crippen LogP contribution in [0.5, 0.6) is 11.5 Å². The Morgan fingerprint density at radius 1 is 1.05 bits per heavy atom. The first-order valence-corrected chi connectivity index (χ1v) is 5.68. The molecular formula is C14H11F4NO. The normalized spacial score (nSPS) is 11.4. The largest absolute Gasteiger partial charge is 0.455 e. The quantitative estimate of drug-likeness (QED) is 0.650. The van der Waals surface area contributed by atoms with E-state index >= 15 is 0 Å². The monoisotopic (exact) mass is 285 g/mol. The minimum atomic E-state index is -4.54. The molecular weight excluding hydrogens is 274 g/mol. The molecule has 2 nitrogen and oxygen atoms in total. The van der Waals surface area contributed by atoms with E-state index in [0.29, 0.717) is 0 Å². The predicted molar refractivity (Wildman–Crippen MR) is 67.1 cm³/mol. The molecule has 2 aromatic carbocycles. The van der Waals surface area contributed by atoms with Crippen molar-refractivity contribution in [3.8, 4) is 11.5 Å². The van der Waals surface area contributed by atoms with Crippen LogP contribution in [0, 0.1) is 12.7 Å². The first-order valence-electron chi connectivity index (χ1n) is 5.68. The molecule has 0 heterocycles. The van der Waals surface area contributed by atoms with Crippen molar-refractivity contribution in [1.29, 1.82) is 0 Å². The lowest BCUT2D eigenvalue weighted by Crippen LogP contribution is -2.07. The molecule has 0 aromatic heterocycles. The van der Waals surface area contributed by atoms with Gasteiger partial charge < -0.3 is 10.5 Å². The zero-order valence-corrected chi connectivity index (χ0v) is 10.5. The number of alkyl halides is 3. The third kappa shape index (κ3) is 2.84. The molecule has 0 aliphatic heterocycles. The molecule has 2 rings (SSSR count). The third-order valence-corrected chi connectivity index (χ3v) is 2.70. The van der Waals surface area contributed by atoms with Gasteiger partial charge in [0.05, 0.1) is 11.3 Å². The number of rotatable bonds is 2. The van der Waals surface area contributed by atoms with E-state index in [2.05, 4.69) is 0 Å². The maximum Gasteiger partial charge on any atom is 0.419 e. The van der Waals surface area contributed by atoms with Crippen molar-refractivity contribution < 1.29 is 22.3 Å². The van der Waals surface area contributed by atoms with E-state index in [4.69, 9.17) is 10.5 Å². The Morgan fingerprint density at radius 2 is 1.70 bits per heavy atom. The second-order valence-electron chi connectivity index (χ2n) is 4.24. The number of hydrogen-bond acceptors (Lipinski definition) is 2. The number of nitrogens with two attached hydrogens (primary N) is 1. The van der Waals surface area contributed by atoms with Crippen LogP contribution >= 0.6 is 0 Å². The average Bonchev–Trinajstić information content (AvgIpc) is 2.35. The zero-order chi connectivity index (χ0) is 14.9. The molecule has 6 heteroatoms. The summed E-state index contributed by atoms with van der Waals surface area (Å²) in [5.41, 5.74) is 4.81. The molecule has 106 valence electrons. The number of anilines is 1. The second-order valence-corrected chi connectivity index (χ2v) is 4.24.